The van der Waals surface area contributed by atoms with Crippen LogP contribution >= 0.6 is 0 Å². The Kier molecular flexibility index (Phi) is 6.56. The second-order valence-electron chi connectivity index (χ2n) is 5.48. The van der Waals surface area contributed by atoms with Crippen LogP contribution in [0.2, 0.25) is 0 Å². The standard InChI is InChI=1S/C15H20F3N3O2/c1-9(2)12(14(23)20-8-15(17,18)7-19)21-13(22)10-3-5-11(16)6-4-10/h3-6,9,12H,7-8,19H2,1-2H3,(H,20,23)(H,21,22). The van der Waals surface area contributed by atoms with E-state index in [2.05, 4.69) is 10.6 Å². The third-order valence-corrected chi connectivity index (χ3v) is 3.16. The van der Waals surface area contributed by atoms with E-state index in [-0.39, 0.29) is 11.5 Å². The number of hydrogen-bond acceptors (Lipinski definition) is 3. The Morgan fingerprint density at radius 1 is 1.22 bits per heavy atom. The molecule has 0 saturated carbocycles. The largest absolute Gasteiger partial charge is 0.348 e. The summed E-state index contributed by atoms with van der Waals surface area (Å²) in [5.41, 5.74) is 5.06. The molecule has 1 rings (SSSR count). The molecule has 0 heterocycles. The molecule has 128 valence electrons. The van der Waals surface area contributed by atoms with Crippen molar-refractivity contribution in [1.82, 2.24) is 10.6 Å². The topological polar surface area (TPSA) is 84.2 Å². The van der Waals surface area contributed by atoms with Crippen molar-refractivity contribution in [2.75, 3.05) is 13.1 Å². The molecule has 4 N–H and O–H groups in total. The summed E-state index contributed by atoms with van der Waals surface area (Å²) >= 11 is 0. The number of carbonyl (C=O) groups excluding carboxylic acids is 2. The van der Waals surface area contributed by atoms with Crippen molar-refractivity contribution >= 4 is 11.8 Å². The number of hydrogen-bond donors (Lipinski definition) is 3. The minimum absolute atomic E-state index is 0.164. The number of rotatable bonds is 7. The van der Waals surface area contributed by atoms with Crippen molar-refractivity contribution < 1.29 is 22.8 Å². The van der Waals surface area contributed by atoms with Gasteiger partial charge in [0, 0.05) is 5.56 Å². The fourth-order valence-corrected chi connectivity index (χ4v) is 1.76. The predicted octanol–water partition coefficient (Wildman–Crippen LogP) is 1.29. The highest BCUT2D eigenvalue weighted by molar-refractivity contribution is 5.97. The van der Waals surface area contributed by atoms with Crippen LogP contribution in [0.15, 0.2) is 24.3 Å². The molecule has 0 aliphatic carbocycles. The first-order valence-electron chi connectivity index (χ1n) is 7.08. The molecule has 1 atom stereocenters. The van der Waals surface area contributed by atoms with Gasteiger partial charge in [-0.15, -0.1) is 0 Å². The van der Waals surface area contributed by atoms with Crippen LogP contribution in [-0.4, -0.2) is 36.9 Å². The summed E-state index contributed by atoms with van der Waals surface area (Å²) in [6, 6.07) is 3.76. The summed E-state index contributed by atoms with van der Waals surface area (Å²) in [7, 11) is 0. The minimum Gasteiger partial charge on any atom is -0.348 e. The van der Waals surface area contributed by atoms with Crippen LogP contribution in [0, 0.1) is 11.7 Å². The predicted molar refractivity (Wildman–Crippen MR) is 79.5 cm³/mol. The molecular formula is C15H20F3N3O2. The summed E-state index contributed by atoms with van der Waals surface area (Å²) in [4.78, 5) is 24.1. The van der Waals surface area contributed by atoms with E-state index in [1.54, 1.807) is 13.8 Å². The molecule has 0 fully saturated rings. The lowest BCUT2D eigenvalue weighted by molar-refractivity contribution is -0.125. The van der Waals surface area contributed by atoms with Gasteiger partial charge in [-0.1, -0.05) is 13.8 Å². The lowest BCUT2D eigenvalue weighted by Crippen LogP contribution is -2.52. The number of carbonyl (C=O) groups is 2. The Balaban J connectivity index is 2.72. The third-order valence-electron chi connectivity index (χ3n) is 3.16. The summed E-state index contributed by atoms with van der Waals surface area (Å²) in [6.07, 6.45) is 0. The van der Waals surface area contributed by atoms with Crippen molar-refractivity contribution in [3.63, 3.8) is 0 Å². The quantitative estimate of drug-likeness (QED) is 0.704. The van der Waals surface area contributed by atoms with Gasteiger partial charge in [0.1, 0.15) is 11.9 Å². The lowest BCUT2D eigenvalue weighted by atomic mass is 10.0. The lowest BCUT2D eigenvalue weighted by Gasteiger charge is -2.23. The Morgan fingerprint density at radius 3 is 2.26 bits per heavy atom. The zero-order chi connectivity index (χ0) is 17.6. The average Bonchev–Trinajstić information content (AvgIpc) is 2.50. The average molecular weight is 331 g/mol. The van der Waals surface area contributed by atoms with Crippen molar-refractivity contribution in [3.05, 3.63) is 35.6 Å². The van der Waals surface area contributed by atoms with Crippen LogP contribution in [0.3, 0.4) is 0 Å². The Bertz CT molecular complexity index is 547. The van der Waals surface area contributed by atoms with Crippen molar-refractivity contribution in [1.29, 1.82) is 0 Å². The zero-order valence-electron chi connectivity index (χ0n) is 12.9. The van der Waals surface area contributed by atoms with Gasteiger partial charge < -0.3 is 16.4 Å². The maximum Gasteiger partial charge on any atom is 0.277 e. The number of alkyl halides is 2. The summed E-state index contributed by atoms with van der Waals surface area (Å²) in [5, 5.41) is 4.53. The van der Waals surface area contributed by atoms with E-state index in [1.807, 2.05) is 0 Å². The molecule has 1 aromatic rings. The monoisotopic (exact) mass is 331 g/mol. The number of nitrogens with two attached hydrogens (primary N) is 1. The van der Waals surface area contributed by atoms with E-state index in [9.17, 15) is 22.8 Å². The Labute approximate surface area is 132 Å². The molecule has 8 heteroatoms. The smallest absolute Gasteiger partial charge is 0.277 e. The second-order valence-corrected chi connectivity index (χ2v) is 5.48. The normalized spacial score (nSPS) is 12.8. The molecule has 0 aliphatic heterocycles. The van der Waals surface area contributed by atoms with Gasteiger partial charge in [0.2, 0.25) is 5.91 Å². The molecule has 0 spiro atoms. The van der Waals surface area contributed by atoms with Crippen molar-refractivity contribution in [3.8, 4) is 0 Å². The molecular weight excluding hydrogens is 311 g/mol. The highest BCUT2D eigenvalue weighted by atomic mass is 19.3. The summed E-state index contributed by atoms with van der Waals surface area (Å²) in [5.74, 6) is -5.36. The first-order valence-corrected chi connectivity index (χ1v) is 7.08. The highest BCUT2D eigenvalue weighted by Crippen LogP contribution is 2.10. The van der Waals surface area contributed by atoms with Gasteiger partial charge in [0.05, 0.1) is 13.1 Å². The molecule has 0 radical (unpaired) electrons. The van der Waals surface area contributed by atoms with Gasteiger partial charge in [0.25, 0.3) is 11.8 Å². The number of benzene rings is 1. The molecule has 0 aliphatic rings. The van der Waals surface area contributed by atoms with Gasteiger partial charge in [-0.25, -0.2) is 13.2 Å². The van der Waals surface area contributed by atoms with Crippen LogP contribution in [0.25, 0.3) is 0 Å². The van der Waals surface area contributed by atoms with E-state index in [0.29, 0.717) is 0 Å². The fourth-order valence-electron chi connectivity index (χ4n) is 1.76. The SMILES string of the molecule is CC(C)C(NC(=O)c1ccc(F)cc1)C(=O)NCC(F)(F)CN. The molecule has 2 amide bonds. The second kappa shape index (κ2) is 7.96. The molecule has 0 aromatic heterocycles. The molecule has 1 unspecified atom stereocenters. The van der Waals surface area contributed by atoms with Crippen molar-refractivity contribution in [2.45, 2.75) is 25.8 Å². The number of amides is 2. The summed E-state index contributed by atoms with van der Waals surface area (Å²) in [6.45, 7) is 1.53. The maximum atomic E-state index is 13.1. The van der Waals surface area contributed by atoms with Gasteiger partial charge in [-0.3, -0.25) is 9.59 Å². The van der Waals surface area contributed by atoms with Gasteiger partial charge in [-0.2, -0.15) is 0 Å². The third kappa shape index (κ3) is 5.90. The number of halogens is 3. The molecule has 23 heavy (non-hydrogen) atoms. The summed E-state index contributed by atoms with van der Waals surface area (Å²) < 4.78 is 39.0. The van der Waals surface area contributed by atoms with Gasteiger partial charge in [0.15, 0.2) is 0 Å². The first-order chi connectivity index (χ1) is 10.7. The zero-order valence-corrected chi connectivity index (χ0v) is 12.9. The van der Waals surface area contributed by atoms with Crippen LogP contribution in [0.5, 0.6) is 0 Å². The molecule has 1 aromatic carbocycles. The van der Waals surface area contributed by atoms with E-state index in [1.165, 1.54) is 12.1 Å². The maximum absolute atomic E-state index is 13.1. The van der Waals surface area contributed by atoms with Crippen LogP contribution < -0.4 is 16.4 Å². The van der Waals surface area contributed by atoms with E-state index >= 15 is 0 Å². The Hall–Kier alpha value is -2.09. The van der Waals surface area contributed by atoms with Crippen molar-refractivity contribution in [2.24, 2.45) is 11.7 Å². The molecule has 0 bridgehead atoms. The Morgan fingerprint density at radius 2 is 1.78 bits per heavy atom. The minimum atomic E-state index is -3.21. The number of nitrogens with one attached hydrogen (secondary N) is 2. The highest BCUT2D eigenvalue weighted by Gasteiger charge is 2.30. The van der Waals surface area contributed by atoms with E-state index in [4.69, 9.17) is 5.73 Å². The molecule has 5 nitrogen and oxygen atoms in total. The van der Waals surface area contributed by atoms with Crippen LogP contribution in [0.4, 0.5) is 13.2 Å². The van der Waals surface area contributed by atoms with Crippen LogP contribution in [0.1, 0.15) is 24.2 Å². The fraction of sp³-hybridized carbons (Fsp3) is 0.467. The van der Waals surface area contributed by atoms with E-state index in [0.717, 1.165) is 12.1 Å². The molecule has 0 saturated heterocycles. The first kappa shape index (κ1) is 19.0. The van der Waals surface area contributed by atoms with Gasteiger partial charge in [-0.05, 0) is 30.2 Å². The van der Waals surface area contributed by atoms with Gasteiger partial charge >= 0.3 is 0 Å². The van der Waals surface area contributed by atoms with E-state index < -0.39 is 42.7 Å². The van der Waals surface area contributed by atoms with Crippen LogP contribution in [-0.2, 0) is 4.79 Å².